The first kappa shape index (κ1) is 31.9. The van der Waals surface area contributed by atoms with Crippen LogP contribution < -0.4 is 19.1 Å². The molecule has 43 heavy (non-hydrogen) atoms. The Hall–Kier alpha value is -4.05. The normalized spacial score (nSPS) is 13.2. The van der Waals surface area contributed by atoms with Crippen LogP contribution >= 0.6 is 0 Å². The number of nitrogens with one attached hydrogen (secondary N) is 1. The summed E-state index contributed by atoms with van der Waals surface area (Å²) < 4.78 is 38.1. The Morgan fingerprint density at radius 3 is 2.19 bits per heavy atom. The average Bonchev–Trinajstić information content (AvgIpc) is 3.01. The van der Waals surface area contributed by atoms with Gasteiger partial charge in [0.25, 0.3) is 0 Å². The third kappa shape index (κ3) is 9.22. The van der Waals surface area contributed by atoms with E-state index < -0.39 is 16.1 Å². The van der Waals surface area contributed by atoms with Crippen molar-refractivity contribution in [3.05, 3.63) is 90.0 Å². The molecule has 0 spiro atoms. The highest BCUT2D eigenvalue weighted by Gasteiger charge is 2.30. The van der Waals surface area contributed by atoms with Crippen molar-refractivity contribution in [3.8, 4) is 11.5 Å². The third-order valence-corrected chi connectivity index (χ3v) is 8.46. The van der Waals surface area contributed by atoms with Gasteiger partial charge in [-0.05, 0) is 36.1 Å². The lowest BCUT2D eigenvalue weighted by Crippen LogP contribution is -2.50. The van der Waals surface area contributed by atoms with Crippen LogP contribution in [0.3, 0.4) is 0 Å². The van der Waals surface area contributed by atoms with Crippen LogP contribution in [0.25, 0.3) is 0 Å². The van der Waals surface area contributed by atoms with Crippen molar-refractivity contribution >= 4 is 27.5 Å². The number of anilines is 1. The van der Waals surface area contributed by atoms with Crippen LogP contribution in [0.1, 0.15) is 43.7 Å². The SMILES string of the molecule is CCCCNC(=O)[C@@H](Cc1ccccc1)N(Cc1ccccc1)C(=O)CCCN(c1ccc2c(c1)OCCO2)S(C)(=O)=O. The molecular formula is C33H41N3O6S. The fourth-order valence-corrected chi connectivity index (χ4v) is 5.99. The topological polar surface area (TPSA) is 105 Å². The van der Waals surface area contributed by atoms with E-state index in [0.717, 1.165) is 30.2 Å². The van der Waals surface area contributed by atoms with Gasteiger partial charge in [0.1, 0.15) is 19.3 Å². The van der Waals surface area contributed by atoms with E-state index in [2.05, 4.69) is 12.2 Å². The van der Waals surface area contributed by atoms with Crippen LogP contribution in [0.4, 0.5) is 5.69 Å². The zero-order chi connectivity index (χ0) is 30.7. The summed E-state index contributed by atoms with van der Waals surface area (Å²) in [5, 5.41) is 3.02. The van der Waals surface area contributed by atoms with Crippen molar-refractivity contribution in [3.63, 3.8) is 0 Å². The van der Waals surface area contributed by atoms with E-state index in [0.29, 0.717) is 43.4 Å². The van der Waals surface area contributed by atoms with Gasteiger partial charge in [0.2, 0.25) is 21.8 Å². The number of ether oxygens (including phenoxy) is 2. The maximum Gasteiger partial charge on any atom is 0.243 e. The van der Waals surface area contributed by atoms with Gasteiger partial charge in [0, 0.05) is 38.5 Å². The highest BCUT2D eigenvalue weighted by atomic mass is 32.2. The smallest absolute Gasteiger partial charge is 0.243 e. The van der Waals surface area contributed by atoms with E-state index >= 15 is 0 Å². The molecular weight excluding hydrogens is 566 g/mol. The van der Waals surface area contributed by atoms with Crippen molar-refractivity contribution < 1.29 is 27.5 Å². The number of hydrogen-bond donors (Lipinski definition) is 1. The lowest BCUT2D eigenvalue weighted by Gasteiger charge is -2.32. The van der Waals surface area contributed by atoms with E-state index in [1.165, 1.54) is 4.31 Å². The maximum absolute atomic E-state index is 13.9. The number of sulfonamides is 1. The van der Waals surface area contributed by atoms with Crippen molar-refractivity contribution in [2.45, 2.75) is 51.6 Å². The van der Waals surface area contributed by atoms with Crippen molar-refractivity contribution in [2.75, 3.05) is 36.9 Å². The molecule has 0 unspecified atom stereocenters. The quantitative estimate of drug-likeness (QED) is 0.254. The number of nitrogens with zero attached hydrogens (tertiary/aromatic N) is 2. The second kappa shape index (κ2) is 15.4. The Bertz CT molecular complexity index is 1450. The van der Waals surface area contributed by atoms with Gasteiger partial charge in [0.05, 0.1) is 11.9 Å². The Kier molecular flexibility index (Phi) is 11.4. The van der Waals surface area contributed by atoms with Crippen molar-refractivity contribution in [1.29, 1.82) is 0 Å². The lowest BCUT2D eigenvalue weighted by molar-refractivity contribution is -0.141. The molecule has 1 N–H and O–H groups in total. The molecule has 9 nitrogen and oxygen atoms in total. The zero-order valence-electron chi connectivity index (χ0n) is 24.9. The molecule has 1 atom stereocenters. The summed E-state index contributed by atoms with van der Waals surface area (Å²) in [7, 11) is -3.65. The Labute approximate surface area is 254 Å². The Morgan fingerprint density at radius 1 is 0.884 bits per heavy atom. The molecule has 4 rings (SSSR count). The molecule has 0 radical (unpaired) electrons. The number of hydrogen-bond acceptors (Lipinski definition) is 6. The number of unbranched alkanes of at least 4 members (excludes halogenated alkanes) is 1. The van der Waals surface area contributed by atoms with Gasteiger partial charge < -0.3 is 19.7 Å². The second-order valence-corrected chi connectivity index (χ2v) is 12.5. The summed E-state index contributed by atoms with van der Waals surface area (Å²) in [5.74, 6) is 0.638. The standard InChI is InChI=1S/C33H41N3O6S/c1-3-4-19-34-33(38)29(23-26-12-7-5-8-13-26)35(25-27-14-9-6-10-15-27)32(37)16-11-20-36(43(2,39)40)28-17-18-30-31(24-28)42-22-21-41-30/h5-10,12-15,17-18,24,29H,3-4,11,16,19-23,25H2,1-2H3,(H,34,38)/t29-/m1/s1. The average molecular weight is 608 g/mol. The fourth-order valence-electron chi connectivity index (χ4n) is 5.03. The summed E-state index contributed by atoms with van der Waals surface area (Å²) >= 11 is 0. The summed E-state index contributed by atoms with van der Waals surface area (Å²) in [4.78, 5) is 29.1. The van der Waals surface area contributed by atoms with Crippen LogP contribution in [0.15, 0.2) is 78.9 Å². The summed E-state index contributed by atoms with van der Waals surface area (Å²) in [6.45, 7) is 3.77. The molecule has 1 heterocycles. The Balaban J connectivity index is 1.54. The minimum absolute atomic E-state index is 0.0664. The largest absolute Gasteiger partial charge is 0.486 e. The number of carbonyl (C=O) groups excluding carboxylic acids is 2. The summed E-state index contributed by atoms with van der Waals surface area (Å²) in [5.41, 5.74) is 2.30. The molecule has 0 fully saturated rings. The number of benzene rings is 3. The van der Waals surface area contributed by atoms with Crippen LogP contribution in [-0.4, -0.2) is 63.7 Å². The highest BCUT2D eigenvalue weighted by molar-refractivity contribution is 7.92. The first-order valence-electron chi connectivity index (χ1n) is 14.8. The van der Waals surface area contributed by atoms with Crippen molar-refractivity contribution in [2.24, 2.45) is 0 Å². The molecule has 230 valence electrons. The van der Waals surface area contributed by atoms with Gasteiger partial charge in [-0.25, -0.2) is 8.42 Å². The predicted octanol–water partition coefficient (Wildman–Crippen LogP) is 4.56. The zero-order valence-corrected chi connectivity index (χ0v) is 25.7. The van der Waals surface area contributed by atoms with Gasteiger partial charge >= 0.3 is 0 Å². The predicted molar refractivity (Wildman–Crippen MR) is 168 cm³/mol. The van der Waals surface area contributed by atoms with Gasteiger partial charge in [-0.1, -0.05) is 74.0 Å². The number of amides is 2. The van der Waals surface area contributed by atoms with Gasteiger partial charge in [-0.15, -0.1) is 0 Å². The molecule has 0 saturated heterocycles. The molecule has 10 heteroatoms. The number of fused-ring (bicyclic) bond motifs is 1. The number of rotatable bonds is 15. The van der Waals surface area contributed by atoms with Gasteiger partial charge in [0.15, 0.2) is 11.5 Å². The lowest BCUT2D eigenvalue weighted by atomic mass is 10.0. The third-order valence-electron chi connectivity index (χ3n) is 7.26. The second-order valence-electron chi connectivity index (χ2n) is 10.6. The van der Waals surface area contributed by atoms with Gasteiger partial charge in [-0.2, -0.15) is 0 Å². The number of carbonyl (C=O) groups is 2. The van der Waals surface area contributed by atoms with Crippen LogP contribution in [0, 0.1) is 0 Å². The molecule has 0 bridgehead atoms. The molecule has 0 saturated carbocycles. The first-order chi connectivity index (χ1) is 20.8. The highest BCUT2D eigenvalue weighted by Crippen LogP contribution is 2.34. The fraction of sp³-hybridized carbons (Fsp3) is 0.394. The first-order valence-corrected chi connectivity index (χ1v) is 16.6. The van der Waals surface area contributed by atoms with E-state index in [-0.39, 0.29) is 37.7 Å². The maximum atomic E-state index is 13.9. The molecule has 1 aliphatic rings. The van der Waals surface area contributed by atoms with E-state index in [4.69, 9.17) is 9.47 Å². The van der Waals surface area contributed by atoms with Gasteiger partial charge in [-0.3, -0.25) is 13.9 Å². The van der Waals surface area contributed by atoms with E-state index in [1.54, 1.807) is 23.1 Å². The summed E-state index contributed by atoms with van der Waals surface area (Å²) in [6, 6.07) is 23.5. The molecule has 1 aliphatic heterocycles. The monoisotopic (exact) mass is 607 g/mol. The summed E-state index contributed by atoms with van der Waals surface area (Å²) in [6.07, 6.45) is 3.63. The molecule has 0 aliphatic carbocycles. The van der Waals surface area contributed by atoms with E-state index in [1.807, 2.05) is 60.7 Å². The van der Waals surface area contributed by atoms with Crippen LogP contribution in [0.2, 0.25) is 0 Å². The molecule has 0 aromatic heterocycles. The minimum Gasteiger partial charge on any atom is -0.486 e. The van der Waals surface area contributed by atoms with Crippen molar-refractivity contribution in [1.82, 2.24) is 10.2 Å². The van der Waals surface area contributed by atoms with E-state index in [9.17, 15) is 18.0 Å². The molecule has 2 amide bonds. The van der Waals surface area contributed by atoms with Crippen LogP contribution in [0.5, 0.6) is 11.5 Å². The molecule has 3 aromatic rings. The Morgan fingerprint density at radius 2 is 1.53 bits per heavy atom. The minimum atomic E-state index is -3.65. The molecule has 3 aromatic carbocycles. The van der Waals surface area contributed by atoms with Crippen LogP contribution in [-0.2, 0) is 32.6 Å².